The van der Waals surface area contributed by atoms with Gasteiger partial charge in [0.25, 0.3) is 5.56 Å². The van der Waals surface area contributed by atoms with E-state index in [0.29, 0.717) is 43.7 Å². The molecule has 2 aromatic carbocycles. The standard InChI is InChI=1S/C35H43N3O5S.ClH/c1-2-42-31(39)17-9-10-23-38-34(40)33-30(20-26-44-33)37(35(38)41)22-12-11-21-36-24-18-29(19-25-36)43-32(27-13-5-3-6-14-27)28-15-7-4-8-16-28;/h3-8,13-16,20,26,29,32H,2,9-12,17-19,21-25H2,1H3;1H. The van der Waals surface area contributed by atoms with Crippen LogP contribution in [0.15, 0.2) is 81.7 Å². The lowest BCUT2D eigenvalue weighted by atomic mass is 10.00. The highest BCUT2D eigenvalue weighted by Crippen LogP contribution is 2.30. The number of nitrogens with zero attached hydrogens (tertiary/aromatic N) is 3. The van der Waals surface area contributed by atoms with E-state index < -0.39 is 0 Å². The van der Waals surface area contributed by atoms with Gasteiger partial charge < -0.3 is 14.4 Å². The van der Waals surface area contributed by atoms with Crippen molar-refractivity contribution in [2.24, 2.45) is 0 Å². The number of rotatable bonds is 15. The van der Waals surface area contributed by atoms with Gasteiger partial charge in [0.15, 0.2) is 0 Å². The average Bonchev–Trinajstić information content (AvgIpc) is 3.55. The summed E-state index contributed by atoms with van der Waals surface area (Å²) in [6, 6.07) is 22.8. The lowest BCUT2D eigenvalue weighted by molar-refractivity contribution is -0.143. The number of hydrogen-bond acceptors (Lipinski definition) is 7. The second-order valence-corrected chi connectivity index (χ2v) is 12.3. The predicted octanol–water partition coefficient (Wildman–Crippen LogP) is 6.43. The van der Waals surface area contributed by atoms with E-state index >= 15 is 0 Å². The molecule has 8 nitrogen and oxygen atoms in total. The van der Waals surface area contributed by atoms with E-state index in [9.17, 15) is 14.4 Å². The number of piperidine rings is 1. The van der Waals surface area contributed by atoms with Crippen LogP contribution in [0.4, 0.5) is 0 Å². The van der Waals surface area contributed by atoms with Gasteiger partial charge in [0.05, 0.1) is 18.2 Å². The van der Waals surface area contributed by atoms with Crippen LogP contribution in [0.5, 0.6) is 0 Å². The zero-order valence-corrected chi connectivity index (χ0v) is 27.6. The first kappa shape index (κ1) is 34.6. The van der Waals surface area contributed by atoms with Crippen LogP contribution in [0.3, 0.4) is 0 Å². The fourth-order valence-corrected chi connectivity index (χ4v) is 6.83. The molecule has 0 N–H and O–H groups in total. The van der Waals surface area contributed by atoms with Crippen molar-refractivity contribution in [1.82, 2.24) is 14.0 Å². The molecular weight excluding hydrogens is 610 g/mol. The Balaban J connectivity index is 0.00000461. The monoisotopic (exact) mass is 653 g/mol. The number of likely N-dealkylation sites (tertiary alicyclic amines) is 1. The Hall–Kier alpha value is -3.24. The predicted molar refractivity (Wildman–Crippen MR) is 183 cm³/mol. The van der Waals surface area contributed by atoms with Crippen molar-refractivity contribution in [3.63, 3.8) is 0 Å². The number of benzene rings is 2. The zero-order chi connectivity index (χ0) is 30.7. The molecule has 0 saturated carbocycles. The van der Waals surface area contributed by atoms with Gasteiger partial charge >= 0.3 is 11.7 Å². The summed E-state index contributed by atoms with van der Waals surface area (Å²) in [5, 5.41) is 1.87. The molecule has 242 valence electrons. The number of thiophene rings is 1. The van der Waals surface area contributed by atoms with Gasteiger partial charge in [-0.1, -0.05) is 60.7 Å². The minimum Gasteiger partial charge on any atom is -0.466 e. The minimum absolute atomic E-state index is 0. The molecule has 0 bridgehead atoms. The molecule has 45 heavy (non-hydrogen) atoms. The lowest BCUT2D eigenvalue weighted by Gasteiger charge is -2.34. The van der Waals surface area contributed by atoms with Gasteiger partial charge in [0, 0.05) is 32.6 Å². The highest BCUT2D eigenvalue weighted by atomic mass is 35.5. The second-order valence-electron chi connectivity index (χ2n) is 11.4. The summed E-state index contributed by atoms with van der Waals surface area (Å²) in [4.78, 5) is 40.5. The second kappa shape index (κ2) is 17.5. The Morgan fingerprint density at radius 2 is 1.44 bits per heavy atom. The Morgan fingerprint density at radius 1 is 0.844 bits per heavy atom. The van der Waals surface area contributed by atoms with Gasteiger partial charge in [-0.2, -0.15) is 0 Å². The summed E-state index contributed by atoms with van der Waals surface area (Å²) in [5.74, 6) is -0.244. The quantitative estimate of drug-likeness (QED) is 0.109. The summed E-state index contributed by atoms with van der Waals surface area (Å²) in [5.41, 5.74) is 2.58. The average molecular weight is 654 g/mol. The summed E-state index contributed by atoms with van der Waals surface area (Å²) in [6.07, 6.45) is 5.39. The maximum Gasteiger partial charge on any atom is 0.331 e. The van der Waals surface area contributed by atoms with Crippen LogP contribution < -0.4 is 11.2 Å². The van der Waals surface area contributed by atoms with Crippen molar-refractivity contribution < 1.29 is 14.3 Å². The molecule has 4 aromatic rings. The van der Waals surface area contributed by atoms with E-state index in [1.807, 2.05) is 23.6 Å². The molecule has 0 atom stereocenters. The molecule has 10 heteroatoms. The van der Waals surface area contributed by atoms with Crippen LogP contribution in [-0.4, -0.2) is 52.3 Å². The van der Waals surface area contributed by atoms with Crippen molar-refractivity contribution >= 4 is 39.9 Å². The first-order valence-electron chi connectivity index (χ1n) is 15.9. The molecule has 0 aliphatic carbocycles. The van der Waals surface area contributed by atoms with Crippen LogP contribution in [0.2, 0.25) is 0 Å². The highest BCUT2D eigenvalue weighted by Gasteiger charge is 2.24. The number of carbonyl (C=O) groups is 1. The normalized spacial score (nSPS) is 14.1. The van der Waals surface area contributed by atoms with Crippen molar-refractivity contribution in [1.29, 1.82) is 0 Å². The van der Waals surface area contributed by atoms with Crippen molar-refractivity contribution in [2.75, 3.05) is 26.2 Å². The van der Waals surface area contributed by atoms with Gasteiger partial charge in [0.1, 0.15) is 10.8 Å². The van der Waals surface area contributed by atoms with E-state index in [1.165, 1.54) is 27.0 Å². The zero-order valence-electron chi connectivity index (χ0n) is 26.0. The van der Waals surface area contributed by atoms with E-state index in [4.69, 9.17) is 9.47 Å². The van der Waals surface area contributed by atoms with E-state index in [1.54, 1.807) is 11.5 Å². The maximum atomic E-state index is 13.4. The molecule has 5 rings (SSSR count). The highest BCUT2D eigenvalue weighted by molar-refractivity contribution is 7.17. The Morgan fingerprint density at radius 3 is 2.09 bits per heavy atom. The number of halogens is 1. The summed E-state index contributed by atoms with van der Waals surface area (Å²) < 4.78 is 15.4. The van der Waals surface area contributed by atoms with Crippen LogP contribution in [0, 0.1) is 0 Å². The van der Waals surface area contributed by atoms with Crippen molar-refractivity contribution in [3.05, 3.63) is 104 Å². The Kier molecular flexibility index (Phi) is 13.4. The minimum atomic E-state index is -0.263. The van der Waals surface area contributed by atoms with Crippen LogP contribution >= 0.6 is 23.7 Å². The molecule has 1 fully saturated rings. The van der Waals surface area contributed by atoms with E-state index in [2.05, 4.69) is 53.4 Å². The van der Waals surface area contributed by atoms with Crippen LogP contribution in [0.25, 0.3) is 10.2 Å². The molecule has 0 spiro atoms. The van der Waals surface area contributed by atoms with Crippen LogP contribution in [-0.2, 0) is 27.4 Å². The number of hydrogen-bond donors (Lipinski definition) is 0. The number of fused-ring (bicyclic) bond motifs is 1. The molecular formula is C35H44ClN3O5S. The van der Waals surface area contributed by atoms with Gasteiger partial charge in [-0.05, 0) is 74.6 Å². The third kappa shape index (κ3) is 9.16. The van der Waals surface area contributed by atoms with Gasteiger partial charge in [-0.15, -0.1) is 23.7 Å². The summed E-state index contributed by atoms with van der Waals surface area (Å²) in [7, 11) is 0. The molecule has 0 unspecified atom stereocenters. The molecule has 0 radical (unpaired) electrons. The fraction of sp³-hybridized carbons (Fsp3) is 0.457. The molecule has 0 amide bonds. The largest absolute Gasteiger partial charge is 0.466 e. The van der Waals surface area contributed by atoms with Crippen molar-refractivity contribution in [2.45, 2.75) is 77.2 Å². The first-order chi connectivity index (χ1) is 21.5. The molecule has 2 aromatic heterocycles. The van der Waals surface area contributed by atoms with E-state index in [-0.39, 0.29) is 41.8 Å². The smallest absolute Gasteiger partial charge is 0.331 e. The fourth-order valence-electron chi connectivity index (χ4n) is 5.99. The molecule has 3 heterocycles. The number of aromatic nitrogens is 2. The first-order valence-corrected chi connectivity index (χ1v) is 16.8. The molecule has 1 aliphatic heterocycles. The van der Waals surface area contributed by atoms with Gasteiger partial charge in [-0.25, -0.2) is 4.79 Å². The lowest BCUT2D eigenvalue weighted by Crippen LogP contribution is -2.40. The number of unbranched alkanes of at least 4 members (excludes halogenated alkanes) is 2. The third-order valence-corrected chi connectivity index (χ3v) is 9.22. The summed E-state index contributed by atoms with van der Waals surface area (Å²) >= 11 is 1.38. The van der Waals surface area contributed by atoms with E-state index in [0.717, 1.165) is 50.8 Å². The Labute approximate surface area is 275 Å². The van der Waals surface area contributed by atoms with Gasteiger partial charge in [-0.3, -0.25) is 18.7 Å². The van der Waals surface area contributed by atoms with Gasteiger partial charge in [0.2, 0.25) is 0 Å². The third-order valence-electron chi connectivity index (χ3n) is 8.33. The maximum absolute atomic E-state index is 13.4. The molecule has 1 aliphatic rings. The topological polar surface area (TPSA) is 82.8 Å². The Bertz CT molecular complexity index is 1560. The number of ether oxygens (including phenoxy) is 2. The molecule has 1 saturated heterocycles. The summed E-state index contributed by atoms with van der Waals surface area (Å²) in [6.45, 7) is 5.97. The van der Waals surface area contributed by atoms with Crippen LogP contribution in [0.1, 0.15) is 69.1 Å². The number of aryl methyl sites for hydroxylation is 1. The SMILES string of the molecule is CCOC(=O)CCCCn1c(=O)c2sccc2n(CCCCN2CCC(OC(c3ccccc3)c3ccccc3)CC2)c1=O.Cl. The number of esters is 1. The number of carbonyl (C=O) groups excluding carboxylic acids is 1. The van der Waals surface area contributed by atoms with Crippen molar-refractivity contribution in [3.8, 4) is 0 Å².